The van der Waals surface area contributed by atoms with Crippen molar-refractivity contribution in [1.29, 1.82) is 0 Å². The molecule has 0 spiro atoms. The molecule has 0 aliphatic heterocycles. The first-order chi connectivity index (χ1) is 9.60. The fourth-order valence-electron chi connectivity index (χ4n) is 2.22. The monoisotopic (exact) mass is 335 g/mol. The van der Waals surface area contributed by atoms with E-state index in [9.17, 15) is 0 Å². The Hall–Kier alpha value is -1.06. The maximum Gasteiger partial charge on any atom is 0.135 e. The molecule has 0 aliphatic carbocycles. The summed E-state index contributed by atoms with van der Waals surface area (Å²) in [5.74, 6) is 1.96. The van der Waals surface area contributed by atoms with Crippen LogP contribution in [0, 0.1) is 6.92 Å². The van der Waals surface area contributed by atoms with Crippen LogP contribution in [0.25, 0.3) is 11.3 Å². The number of hydrogen-bond acceptors (Lipinski definition) is 2. The molecule has 1 heterocycles. The van der Waals surface area contributed by atoms with Crippen LogP contribution in [0.1, 0.15) is 31.6 Å². The molecule has 20 heavy (non-hydrogen) atoms. The van der Waals surface area contributed by atoms with Gasteiger partial charge in [0.2, 0.25) is 0 Å². The number of hydrogen-bond donors (Lipinski definition) is 1. The Morgan fingerprint density at radius 3 is 2.80 bits per heavy atom. The Bertz CT molecular complexity index is 562. The van der Waals surface area contributed by atoms with E-state index in [1.807, 2.05) is 0 Å². The number of rotatable bonds is 6. The zero-order valence-electron chi connectivity index (χ0n) is 12.4. The van der Waals surface area contributed by atoms with Gasteiger partial charge in [-0.1, -0.05) is 34.5 Å². The van der Waals surface area contributed by atoms with E-state index < -0.39 is 0 Å². The molecule has 0 saturated carbocycles. The summed E-state index contributed by atoms with van der Waals surface area (Å²) >= 11 is 3.59. The lowest BCUT2D eigenvalue weighted by Crippen LogP contribution is -2.28. The first kappa shape index (κ1) is 15.3. The van der Waals surface area contributed by atoms with Crippen LogP contribution >= 0.6 is 15.9 Å². The van der Waals surface area contributed by atoms with Crippen molar-refractivity contribution in [1.82, 2.24) is 5.32 Å². The van der Waals surface area contributed by atoms with Crippen molar-refractivity contribution in [2.75, 3.05) is 6.54 Å². The molecule has 1 unspecified atom stereocenters. The summed E-state index contributed by atoms with van der Waals surface area (Å²) in [5.41, 5.74) is 2.35. The number of nitrogens with one attached hydrogen (secondary N) is 1. The second kappa shape index (κ2) is 7.09. The predicted molar refractivity (Wildman–Crippen MR) is 88.0 cm³/mol. The molecule has 1 aromatic heterocycles. The minimum atomic E-state index is 0.440. The molecule has 3 heteroatoms. The molecule has 108 valence electrons. The minimum absolute atomic E-state index is 0.440. The highest BCUT2D eigenvalue weighted by atomic mass is 79.9. The summed E-state index contributed by atoms with van der Waals surface area (Å²) in [7, 11) is 0. The largest absolute Gasteiger partial charge is 0.461 e. The molecule has 0 bridgehead atoms. The van der Waals surface area contributed by atoms with Crippen molar-refractivity contribution in [3.63, 3.8) is 0 Å². The highest BCUT2D eigenvalue weighted by molar-refractivity contribution is 9.10. The average molecular weight is 336 g/mol. The highest BCUT2D eigenvalue weighted by Crippen LogP contribution is 2.30. The fraction of sp³-hybridized carbons (Fsp3) is 0.412. The summed E-state index contributed by atoms with van der Waals surface area (Å²) in [6.07, 6.45) is 2.08. The third-order valence-electron chi connectivity index (χ3n) is 3.30. The van der Waals surface area contributed by atoms with Gasteiger partial charge in [-0.05, 0) is 51.1 Å². The Morgan fingerprint density at radius 1 is 1.25 bits per heavy atom. The molecule has 0 saturated heterocycles. The van der Waals surface area contributed by atoms with Crippen LogP contribution in [-0.4, -0.2) is 12.6 Å². The van der Waals surface area contributed by atoms with Crippen molar-refractivity contribution in [2.24, 2.45) is 0 Å². The van der Waals surface area contributed by atoms with Crippen molar-refractivity contribution in [3.05, 3.63) is 46.1 Å². The first-order valence-electron chi connectivity index (χ1n) is 7.18. The molecule has 1 atom stereocenters. The Morgan fingerprint density at radius 2 is 2.05 bits per heavy atom. The normalized spacial score (nSPS) is 12.6. The molecule has 0 amide bonds. The molecule has 2 aromatic rings. The van der Waals surface area contributed by atoms with Crippen LogP contribution in [0.4, 0.5) is 0 Å². The van der Waals surface area contributed by atoms with Crippen LogP contribution in [0.3, 0.4) is 0 Å². The van der Waals surface area contributed by atoms with E-state index in [0.29, 0.717) is 6.04 Å². The Kier molecular flexibility index (Phi) is 5.44. The van der Waals surface area contributed by atoms with E-state index >= 15 is 0 Å². The predicted octanol–water partition coefficient (Wildman–Crippen LogP) is 4.95. The number of halogens is 1. The molecular formula is C17H22BrNO. The molecule has 0 fully saturated rings. The molecule has 1 N–H and O–H groups in total. The van der Waals surface area contributed by atoms with Crippen molar-refractivity contribution >= 4 is 15.9 Å². The summed E-state index contributed by atoms with van der Waals surface area (Å²) in [6, 6.07) is 10.9. The Labute approximate surface area is 129 Å². The zero-order chi connectivity index (χ0) is 14.5. The third kappa shape index (κ3) is 3.97. The lowest BCUT2D eigenvalue weighted by molar-refractivity contribution is 0.464. The molecule has 0 aliphatic rings. The van der Waals surface area contributed by atoms with Gasteiger partial charge in [0, 0.05) is 22.5 Å². The Balaban J connectivity index is 2.10. The second-order valence-electron chi connectivity index (χ2n) is 5.31. The van der Waals surface area contributed by atoms with Gasteiger partial charge >= 0.3 is 0 Å². The quantitative estimate of drug-likeness (QED) is 0.808. The summed E-state index contributed by atoms with van der Waals surface area (Å²) < 4.78 is 7.06. The number of furan rings is 1. The molecule has 2 nitrogen and oxygen atoms in total. The summed E-state index contributed by atoms with van der Waals surface area (Å²) in [6.45, 7) is 7.52. The number of aryl methyl sites for hydroxylation is 1. The maximum atomic E-state index is 5.99. The number of benzene rings is 1. The topological polar surface area (TPSA) is 25.2 Å². The van der Waals surface area contributed by atoms with Crippen molar-refractivity contribution in [2.45, 2.75) is 39.7 Å². The van der Waals surface area contributed by atoms with Gasteiger partial charge in [-0.3, -0.25) is 0 Å². The van der Waals surface area contributed by atoms with E-state index in [0.717, 1.165) is 40.9 Å². The third-order valence-corrected chi connectivity index (χ3v) is 3.99. The van der Waals surface area contributed by atoms with Gasteiger partial charge < -0.3 is 9.73 Å². The van der Waals surface area contributed by atoms with Crippen molar-refractivity contribution < 1.29 is 4.42 Å². The standard InChI is InChI=1S/C17H22BrNO/c1-4-9-19-13(3)11-14-6-8-17(20-14)15-10-12(2)5-7-16(15)18/h5-8,10,13,19H,4,9,11H2,1-3H3. The molecule has 2 rings (SSSR count). The van der Waals surface area contributed by atoms with Crippen LogP contribution in [0.2, 0.25) is 0 Å². The van der Waals surface area contributed by atoms with E-state index in [1.54, 1.807) is 0 Å². The first-order valence-corrected chi connectivity index (χ1v) is 7.98. The van der Waals surface area contributed by atoms with Gasteiger partial charge in [-0.15, -0.1) is 0 Å². The molecule has 1 aromatic carbocycles. The van der Waals surface area contributed by atoms with Gasteiger partial charge in [-0.2, -0.15) is 0 Å². The van der Waals surface area contributed by atoms with E-state index in [4.69, 9.17) is 4.42 Å². The van der Waals surface area contributed by atoms with Gasteiger partial charge in [-0.25, -0.2) is 0 Å². The SMILES string of the molecule is CCCNC(C)Cc1ccc(-c2cc(C)ccc2Br)o1. The van der Waals surface area contributed by atoms with E-state index in [1.165, 1.54) is 5.56 Å². The smallest absolute Gasteiger partial charge is 0.135 e. The molecule has 0 radical (unpaired) electrons. The summed E-state index contributed by atoms with van der Waals surface area (Å²) in [4.78, 5) is 0. The van der Waals surface area contributed by atoms with E-state index in [2.05, 4.69) is 72.3 Å². The second-order valence-corrected chi connectivity index (χ2v) is 6.16. The molecular weight excluding hydrogens is 314 g/mol. The van der Waals surface area contributed by atoms with E-state index in [-0.39, 0.29) is 0 Å². The van der Waals surface area contributed by atoms with Crippen LogP contribution < -0.4 is 5.32 Å². The average Bonchev–Trinajstić information content (AvgIpc) is 2.87. The van der Waals surface area contributed by atoms with Crippen LogP contribution in [-0.2, 0) is 6.42 Å². The van der Waals surface area contributed by atoms with Gasteiger partial charge in [0.1, 0.15) is 11.5 Å². The minimum Gasteiger partial charge on any atom is -0.461 e. The maximum absolute atomic E-state index is 5.99. The van der Waals surface area contributed by atoms with Gasteiger partial charge in [0.15, 0.2) is 0 Å². The summed E-state index contributed by atoms with van der Waals surface area (Å²) in [5, 5.41) is 3.48. The van der Waals surface area contributed by atoms with Crippen LogP contribution in [0.15, 0.2) is 39.2 Å². The zero-order valence-corrected chi connectivity index (χ0v) is 14.0. The van der Waals surface area contributed by atoms with Gasteiger partial charge in [0.25, 0.3) is 0 Å². The van der Waals surface area contributed by atoms with Crippen molar-refractivity contribution in [3.8, 4) is 11.3 Å². The van der Waals surface area contributed by atoms with Crippen LogP contribution in [0.5, 0.6) is 0 Å². The highest BCUT2D eigenvalue weighted by Gasteiger charge is 2.10. The van der Waals surface area contributed by atoms with Gasteiger partial charge in [0.05, 0.1) is 0 Å². The fourth-order valence-corrected chi connectivity index (χ4v) is 2.67. The lowest BCUT2D eigenvalue weighted by atomic mass is 10.1. The lowest BCUT2D eigenvalue weighted by Gasteiger charge is -2.11.